The van der Waals surface area contributed by atoms with Gasteiger partial charge in [-0.1, -0.05) is 24.3 Å². The molecule has 1 fully saturated rings. The van der Waals surface area contributed by atoms with E-state index in [1.54, 1.807) is 35.5 Å². The van der Waals surface area contributed by atoms with Crippen molar-refractivity contribution in [3.05, 3.63) is 65.7 Å². The highest BCUT2D eigenvalue weighted by molar-refractivity contribution is 5.83. The zero-order chi connectivity index (χ0) is 16.2. The second kappa shape index (κ2) is 6.87. The van der Waals surface area contributed by atoms with Crippen molar-refractivity contribution in [2.45, 2.75) is 18.9 Å². The lowest BCUT2D eigenvalue weighted by Crippen LogP contribution is -2.34. The van der Waals surface area contributed by atoms with Gasteiger partial charge in [0.2, 0.25) is 5.91 Å². The monoisotopic (exact) mass is 314 g/mol. The molecule has 4 nitrogen and oxygen atoms in total. The second-order valence-corrected chi connectivity index (χ2v) is 5.81. The largest absolute Gasteiger partial charge is 0.395 e. The van der Waals surface area contributed by atoms with E-state index in [1.165, 1.54) is 6.07 Å². The lowest BCUT2D eigenvalue weighted by molar-refractivity contribution is -0.133. The molecule has 2 atom stereocenters. The van der Waals surface area contributed by atoms with Crippen LogP contribution in [0.1, 0.15) is 23.5 Å². The lowest BCUT2D eigenvalue weighted by Gasteiger charge is -2.22. The molecule has 0 radical (unpaired) electrons. The van der Waals surface area contributed by atoms with E-state index >= 15 is 0 Å². The van der Waals surface area contributed by atoms with Crippen molar-refractivity contribution in [3.8, 4) is 0 Å². The summed E-state index contributed by atoms with van der Waals surface area (Å²) in [4.78, 5) is 18.3. The normalized spacial score (nSPS) is 19.4. The second-order valence-electron chi connectivity index (χ2n) is 5.81. The highest BCUT2D eigenvalue weighted by Gasteiger charge is 2.46. The van der Waals surface area contributed by atoms with Gasteiger partial charge in [0, 0.05) is 31.4 Å². The van der Waals surface area contributed by atoms with Gasteiger partial charge in [-0.15, -0.1) is 0 Å². The number of carbonyl (C=O) groups excluding carboxylic acids is 1. The molecule has 2 aromatic rings. The molecule has 23 heavy (non-hydrogen) atoms. The number of halogens is 1. The maximum absolute atomic E-state index is 13.8. The number of pyridine rings is 1. The van der Waals surface area contributed by atoms with E-state index in [4.69, 9.17) is 0 Å². The van der Waals surface area contributed by atoms with Gasteiger partial charge in [-0.05, 0) is 35.6 Å². The smallest absolute Gasteiger partial charge is 0.226 e. The molecule has 120 valence electrons. The third-order valence-electron chi connectivity index (χ3n) is 4.19. The number of benzene rings is 1. The summed E-state index contributed by atoms with van der Waals surface area (Å²) in [6.45, 7) is 0.588. The predicted molar refractivity (Wildman–Crippen MR) is 84.0 cm³/mol. The third kappa shape index (κ3) is 3.56. The average Bonchev–Trinajstić information content (AvgIpc) is 3.36. The van der Waals surface area contributed by atoms with Gasteiger partial charge in [0.25, 0.3) is 0 Å². The molecule has 1 saturated carbocycles. The molecule has 1 aromatic carbocycles. The van der Waals surface area contributed by atoms with Crippen LogP contribution in [0.2, 0.25) is 0 Å². The number of amides is 1. The molecule has 1 aromatic heterocycles. The van der Waals surface area contributed by atoms with Crippen molar-refractivity contribution >= 4 is 5.91 Å². The molecule has 1 aliphatic rings. The van der Waals surface area contributed by atoms with Crippen molar-refractivity contribution in [2.75, 3.05) is 13.2 Å². The Balaban J connectivity index is 1.69. The highest BCUT2D eigenvalue weighted by atomic mass is 19.1. The molecule has 3 rings (SSSR count). The van der Waals surface area contributed by atoms with Gasteiger partial charge in [0.1, 0.15) is 5.82 Å². The van der Waals surface area contributed by atoms with E-state index in [-0.39, 0.29) is 36.7 Å². The van der Waals surface area contributed by atoms with Crippen LogP contribution >= 0.6 is 0 Å². The van der Waals surface area contributed by atoms with Gasteiger partial charge >= 0.3 is 0 Å². The van der Waals surface area contributed by atoms with Gasteiger partial charge in [-0.2, -0.15) is 0 Å². The highest BCUT2D eigenvalue weighted by Crippen LogP contribution is 2.49. The minimum Gasteiger partial charge on any atom is -0.395 e. The molecule has 0 saturated heterocycles. The van der Waals surface area contributed by atoms with E-state index in [9.17, 15) is 14.3 Å². The topological polar surface area (TPSA) is 53.4 Å². The Bertz CT molecular complexity index is 678. The molecule has 0 aliphatic heterocycles. The molecule has 1 heterocycles. The molecule has 1 N–H and O–H groups in total. The molecular weight excluding hydrogens is 295 g/mol. The van der Waals surface area contributed by atoms with Crippen LogP contribution in [-0.2, 0) is 11.3 Å². The summed E-state index contributed by atoms with van der Waals surface area (Å²) < 4.78 is 13.8. The predicted octanol–water partition coefficient (Wildman–Crippen LogP) is 2.35. The third-order valence-corrected chi connectivity index (χ3v) is 4.19. The van der Waals surface area contributed by atoms with Gasteiger partial charge in [0.15, 0.2) is 0 Å². The van der Waals surface area contributed by atoms with Gasteiger partial charge in [-0.25, -0.2) is 4.39 Å². The van der Waals surface area contributed by atoms with Crippen LogP contribution in [-0.4, -0.2) is 34.0 Å². The summed E-state index contributed by atoms with van der Waals surface area (Å²) in [7, 11) is 0. The Morgan fingerprint density at radius 3 is 2.83 bits per heavy atom. The average molecular weight is 314 g/mol. The first-order valence-corrected chi connectivity index (χ1v) is 7.73. The number of aliphatic hydroxyl groups is 1. The molecular formula is C18H19FN2O2. The zero-order valence-corrected chi connectivity index (χ0v) is 12.7. The number of rotatable bonds is 6. The summed E-state index contributed by atoms with van der Waals surface area (Å²) in [5.41, 5.74) is 1.52. The van der Waals surface area contributed by atoms with Crippen molar-refractivity contribution in [1.29, 1.82) is 0 Å². The van der Waals surface area contributed by atoms with Crippen molar-refractivity contribution in [1.82, 2.24) is 9.88 Å². The van der Waals surface area contributed by atoms with Crippen LogP contribution in [0.5, 0.6) is 0 Å². The molecule has 1 amide bonds. The van der Waals surface area contributed by atoms with Gasteiger partial charge < -0.3 is 10.0 Å². The standard InChI is InChI=1S/C18H19FN2O2/c19-17-6-2-1-5-14(17)15-10-16(15)18(23)21(8-9-22)12-13-4-3-7-20-11-13/h1-7,11,15-16,22H,8-10,12H2. The minimum absolute atomic E-state index is 0.0313. The number of carbonyl (C=O) groups is 1. The Kier molecular flexibility index (Phi) is 4.67. The molecule has 0 bridgehead atoms. The van der Waals surface area contributed by atoms with Crippen molar-refractivity contribution in [2.24, 2.45) is 5.92 Å². The molecule has 0 spiro atoms. The van der Waals surface area contributed by atoms with E-state index < -0.39 is 0 Å². The fraction of sp³-hybridized carbons (Fsp3) is 0.333. The van der Waals surface area contributed by atoms with Gasteiger partial charge in [-0.3, -0.25) is 9.78 Å². The summed E-state index contributed by atoms with van der Waals surface area (Å²) >= 11 is 0. The first-order valence-electron chi connectivity index (χ1n) is 7.73. The Morgan fingerprint density at radius 2 is 2.13 bits per heavy atom. The Morgan fingerprint density at radius 1 is 1.30 bits per heavy atom. The van der Waals surface area contributed by atoms with Crippen LogP contribution in [0, 0.1) is 11.7 Å². The van der Waals surface area contributed by atoms with Crippen LogP contribution in [0.3, 0.4) is 0 Å². The summed E-state index contributed by atoms with van der Waals surface area (Å²) in [6, 6.07) is 10.3. The number of aromatic nitrogens is 1. The van der Waals surface area contributed by atoms with E-state index in [0.717, 1.165) is 5.56 Å². The fourth-order valence-electron chi connectivity index (χ4n) is 2.92. The van der Waals surface area contributed by atoms with Crippen molar-refractivity contribution in [3.63, 3.8) is 0 Å². The maximum atomic E-state index is 13.8. The number of nitrogens with zero attached hydrogens (tertiary/aromatic N) is 2. The first kappa shape index (κ1) is 15.6. The Labute approximate surface area is 134 Å². The fourth-order valence-corrected chi connectivity index (χ4v) is 2.92. The van der Waals surface area contributed by atoms with E-state index in [2.05, 4.69) is 4.98 Å². The summed E-state index contributed by atoms with van der Waals surface area (Å²) in [5.74, 6) is -0.543. The summed E-state index contributed by atoms with van der Waals surface area (Å²) in [6.07, 6.45) is 4.05. The number of hydrogen-bond donors (Lipinski definition) is 1. The van der Waals surface area contributed by atoms with Crippen LogP contribution in [0.4, 0.5) is 4.39 Å². The molecule has 2 unspecified atom stereocenters. The zero-order valence-electron chi connectivity index (χ0n) is 12.7. The summed E-state index contributed by atoms with van der Waals surface area (Å²) in [5, 5.41) is 9.22. The van der Waals surface area contributed by atoms with Crippen LogP contribution < -0.4 is 0 Å². The minimum atomic E-state index is -0.256. The van der Waals surface area contributed by atoms with Crippen LogP contribution in [0.15, 0.2) is 48.8 Å². The van der Waals surface area contributed by atoms with E-state index in [0.29, 0.717) is 18.5 Å². The lowest BCUT2D eigenvalue weighted by atomic mass is 10.1. The maximum Gasteiger partial charge on any atom is 0.226 e. The van der Waals surface area contributed by atoms with Crippen molar-refractivity contribution < 1.29 is 14.3 Å². The molecule has 1 aliphatic carbocycles. The van der Waals surface area contributed by atoms with E-state index in [1.807, 2.05) is 12.1 Å². The SMILES string of the molecule is O=C(C1CC1c1ccccc1F)N(CCO)Cc1cccnc1. The number of hydrogen-bond acceptors (Lipinski definition) is 3. The number of aliphatic hydroxyl groups excluding tert-OH is 1. The Hall–Kier alpha value is -2.27. The molecule has 5 heteroatoms. The van der Waals surface area contributed by atoms with Gasteiger partial charge in [0.05, 0.1) is 6.61 Å². The van der Waals surface area contributed by atoms with Crippen LogP contribution in [0.25, 0.3) is 0 Å². The quantitative estimate of drug-likeness (QED) is 0.890. The first-order chi connectivity index (χ1) is 11.2.